The van der Waals surface area contributed by atoms with Gasteiger partial charge in [-0.1, -0.05) is 30.9 Å². The molecule has 0 amide bonds. The Hall–Kier alpha value is -3.36. The van der Waals surface area contributed by atoms with Crippen molar-refractivity contribution >= 4 is 28.6 Å². The van der Waals surface area contributed by atoms with Crippen LogP contribution in [0.4, 0.5) is 8.78 Å². The first-order chi connectivity index (χ1) is 17.8. The van der Waals surface area contributed by atoms with E-state index in [0.29, 0.717) is 47.0 Å². The molecule has 192 valence electrons. The van der Waals surface area contributed by atoms with Crippen molar-refractivity contribution < 1.29 is 23.4 Å². The number of aromatic nitrogens is 3. The molecule has 1 atom stereocenters. The molecular weight excluding hydrogens is 500 g/mol. The smallest absolute Gasteiger partial charge is 0.337 e. The fraction of sp³-hybridized carbons (Fsp3) is 0.321. The summed E-state index contributed by atoms with van der Waals surface area (Å²) in [6.07, 6.45) is 4.91. The number of halogens is 3. The molecule has 4 aromatic rings. The lowest BCUT2D eigenvalue weighted by Crippen LogP contribution is -2.43. The minimum absolute atomic E-state index is 0.0733. The lowest BCUT2D eigenvalue weighted by atomic mass is 9.75. The van der Waals surface area contributed by atoms with E-state index in [9.17, 15) is 18.7 Å². The molecule has 1 saturated carbocycles. The summed E-state index contributed by atoms with van der Waals surface area (Å²) in [7, 11) is 0. The zero-order chi connectivity index (χ0) is 26.2. The monoisotopic (exact) mass is 525 g/mol. The van der Waals surface area contributed by atoms with Gasteiger partial charge in [0.15, 0.2) is 11.6 Å². The van der Waals surface area contributed by atoms with Crippen LogP contribution in [0.5, 0.6) is 0 Å². The van der Waals surface area contributed by atoms with Gasteiger partial charge >= 0.3 is 5.97 Å². The topological polar surface area (TPSA) is 77.2 Å². The number of fused-ring (bicyclic) bond motifs is 1. The Bertz CT molecular complexity index is 1430. The van der Waals surface area contributed by atoms with E-state index in [-0.39, 0.29) is 5.56 Å². The van der Waals surface area contributed by atoms with Crippen molar-refractivity contribution in [1.82, 2.24) is 14.5 Å². The third kappa shape index (κ3) is 4.60. The molecule has 0 aliphatic heterocycles. The Balaban J connectivity index is 1.80. The van der Waals surface area contributed by atoms with E-state index in [1.807, 2.05) is 23.6 Å². The van der Waals surface area contributed by atoms with Crippen LogP contribution in [-0.2, 0) is 10.3 Å². The first kappa shape index (κ1) is 25.3. The number of rotatable bonds is 7. The maximum atomic E-state index is 14.6. The molecule has 2 aromatic heterocycles. The fourth-order valence-corrected chi connectivity index (χ4v) is 5.58. The number of carboxylic acid groups (broad SMARTS) is 1. The Morgan fingerprint density at radius 2 is 1.81 bits per heavy atom. The van der Waals surface area contributed by atoms with E-state index in [0.717, 1.165) is 30.9 Å². The van der Waals surface area contributed by atoms with Gasteiger partial charge < -0.3 is 14.4 Å². The summed E-state index contributed by atoms with van der Waals surface area (Å²) in [6.45, 7) is 2.26. The minimum atomic E-state index is -1.07. The Kier molecular flexibility index (Phi) is 6.96. The normalized spacial score (nSPS) is 16.1. The van der Waals surface area contributed by atoms with Gasteiger partial charge in [-0.15, -0.1) is 0 Å². The highest BCUT2D eigenvalue weighted by Gasteiger charge is 2.46. The molecule has 1 unspecified atom stereocenters. The fourth-order valence-electron chi connectivity index (χ4n) is 5.45. The van der Waals surface area contributed by atoms with E-state index in [2.05, 4.69) is 4.98 Å². The molecule has 0 saturated heterocycles. The van der Waals surface area contributed by atoms with Gasteiger partial charge in [0.1, 0.15) is 11.9 Å². The highest BCUT2D eigenvalue weighted by molar-refractivity contribution is 6.30. The van der Waals surface area contributed by atoms with Crippen LogP contribution in [0.15, 0.2) is 54.7 Å². The van der Waals surface area contributed by atoms with Crippen molar-refractivity contribution in [3.63, 3.8) is 0 Å². The predicted molar refractivity (Wildman–Crippen MR) is 137 cm³/mol. The second-order valence-corrected chi connectivity index (χ2v) is 9.75. The molecule has 6 nitrogen and oxygen atoms in total. The molecule has 0 bridgehead atoms. The van der Waals surface area contributed by atoms with Gasteiger partial charge in [0.05, 0.1) is 27.8 Å². The van der Waals surface area contributed by atoms with Crippen molar-refractivity contribution in [2.75, 3.05) is 6.61 Å². The lowest BCUT2D eigenvalue weighted by molar-refractivity contribution is -0.0496. The third-order valence-electron chi connectivity index (χ3n) is 7.09. The number of ether oxygens (including phenoxy) is 1. The van der Waals surface area contributed by atoms with Crippen LogP contribution in [0.1, 0.15) is 61.2 Å². The second-order valence-electron chi connectivity index (χ2n) is 9.31. The molecule has 1 N–H and O–H groups in total. The maximum absolute atomic E-state index is 14.6. The van der Waals surface area contributed by atoms with Crippen molar-refractivity contribution in [1.29, 1.82) is 0 Å². The van der Waals surface area contributed by atoms with E-state index in [4.69, 9.17) is 21.3 Å². The van der Waals surface area contributed by atoms with E-state index in [1.54, 1.807) is 18.2 Å². The first-order valence-electron chi connectivity index (χ1n) is 12.3. The lowest BCUT2D eigenvalue weighted by Gasteiger charge is -2.45. The first-order valence-corrected chi connectivity index (χ1v) is 12.7. The van der Waals surface area contributed by atoms with Gasteiger partial charge in [0.2, 0.25) is 0 Å². The van der Waals surface area contributed by atoms with Gasteiger partial charge in [-0.05, 0) is 56.2 Å². The molecule has 1 aliphatic carbocycles. The maximum Gasteiger partial charge on any atom is 0.337 e. The molecule has 37 heavy (non-hydrogen) atoms. The average molecular weight is 526 g/mol. The number of nitrogens with zero attached hydrogens (tertiary/aromatic N) is 3. The van der Waals surface area contributed by atoms with Gasteiger partial charge in [-0.25, -0.2) is 18.6 Å². The zero-order valence-corrected chi connectivity index (χ0v) is 21.0. The number of hydrogen-bond acceptors (Lipinski definition) is 4. The number of benzene rings is 2. The summed E-state index contributed by atoms with van der Waals surface area (Å²) < 4.78 is 37.3. The molecular formula is C28H26ClF2N3O3. The molecule has 1 aliphatic rings. The number of carboxylic acids is 1. The zero-order valence-electron chi connectivity index (χ0n) is 20.3. The van der Waals surface area contributed by atoms with Gasteiger partial charge in [0.25, 0.3) is 0 Å². The van der Waals surface area contributed by atoms with E-state index < -0.39 is 29.2 Å². The second kappa shape index (κ2) is 10.2. The van der Waals surface area contributed by atoms with Crippen LogP contribution in [0.3, 0.4) is 0 Å². The van der Waals surface area contributed by atoms with Crippen LogP contribution >= 0.6 is 11.6 Å². The van der Waals surface area contributed by atoms with E-state index >= 15 is 0 Å². The highest BCUT2D eigenvalue weighted by Crippen LogP contribution is 2.49. The molecule has 9 heteroatoms. The third-order valence-corrected chi connectivity index (χ3v) is 7.34. The summed E-state index contributed by atoms with van der Waals surface area (Å²) in [5.74, 6) is -2.45. The van der Waals surface area contributed by atoms with Crippen molar-refractivity contribution in [3.05, 3.63) is 82.6 Å². The summed E-state index contributed by atoms with van der Waals surface area (Å²) in [5.41, 5.74) is 1.44. The summed E-state index contributed by atoms with van der Waals surface area (Å²) >= 11 is 6.15. The largest absolute Gasteiger partial charge is 0.478 e. The number of carbonyl (C=O) groups is 1. The standard InChI is InChI=1S/C28H26ClF2N3O3/c1-2-37-25(22-11-8-18(16-32-22)27(35)36)28(12-4-3-5-13-28)34-24-15-21(31)20(30)14-23(24)33-26(34)17-6-9-19(29)10-7-17/h6-11,14-16,25H,2-5,12-13H2,1H3,(H,35,36). The molecule has 0 radical (unpaired) electrons. The van der Waals surface area contributed by atoms with Crippen molar-refractivity contribution in [2.45, 2.75) is 50.7 Å². The van der Waals surface area contributed by atoms with Crippen LogP contribution in [-0.4, -0.2) is 32.2 Å². The number of pyridine rings is 1. The van der Waals surface area contributed by atoms with Gasteiger partial charge in [-0.2, -0.15) is 0 Å². The number of aromatic carboxylic acids is 1. The predicted octanol–water partition coefficient (Wildman–Crippen LogP) is 7.17. The van der Waals surface area contributed by atoms with Crippen LogP contribution in [0.2, 0.25) is 5.02 Å². The average Bonchev–Trinajstić information content (AvgIpc) is 3.27. The molecule has 1 fully saturated rings. The SMILES string of the molecule is CCOC(c1ccc(C(=O)O)cn1)C1(n2c(-c3ccc(Cl)cc3)nc3cc(F)c(F)cc32)CCCCC1. The van der Waals surface area contributed by atoms with Crippen LogP contribution < -0.4 is 0 Å². The highest BCUT2D eigenvalue weighted by atomic mass is 35.5. The summed E-state index contributed by atoms with van der Waals surface area (Å²) in [4.78, 5) is 20.7. The van der Waals surface area contributed by atoms with Crippen LogP contribution in [0, 0.1) is 11.6 Å². The number of hydrogen-bond donors (Lipinski definition) is 1. The quantitative estimate of drug-likeness (QED) is 0.277. The summed E-state index contributed by atoms with van der Waals surface area (Å²) in [5, 5.41) is 9.92. The Morgan fingerprint density at radius 1 is 1.11 bits per heavy atom. The molecule has 5 rings (SSSR count). The minimum Gasteiger partial charge on any atom is -0.478 e. The molecule has 2 heterocycles. The molecule has 0 spiro atoms. The Labute approximate surface area is 217 Å². The molecule has 2 aromatic carbocycles. The van der Waals surface area contributed by atoms with Crippen molar-refractivity contribution in [3.8, 4) is 11.4 Å². The van der Waals surface area contributed by atoms with Gasteiger partial charge in [0, 0.05) is 35.5 Å². The summed E-state index contributed by atoms with van der Waals surface area (Å²) in [6, 6.07) is 12.7. The van der Waals surface area contributed by atoms with Gasteiger partial charge in [-0.3, -0.25) is 4.98 Å². The van der Waals surface area contributed by atoms with Crippen molar-refractivity contribution in [2.24, 2.45) is 0 Å². The van der Waals surface area contributed by atoms with Crippen LogP contribution in [0.25, 0.3) is 22.4 Å². The van der Waals surface area contributed by atoms with E-state index in [1.165, 1.54) is 18.3 Å². The number of imidazole rings is 1. The Morgan fingerprint density at radius 3 is 2.43 bits per heavy atom.